The van der Waals surface area contributed by atoms with E-state index < -0.39 is 11.7 Å². The van der Waals surface area contributed by atoms with E-state index in [1.807, 2.05) is 0 Å². The lowest BCUT2D eigenvalue weighted by molar-refractivity contribution is -0.115. The number of para-hydroxylation sites is 1. The number of nitrogens with zero attached hydrogens (tertiary/aromatic N) is 1. The fourth-order valence-corrected chi connectivity index (χ4v) is 3.51. The lowest BCUT2D eigenvalue weighted by Crippen LogP contribution is -2.40. The van der Waals surface area contributed by atoms with E-state index >= 15 is 0 Å². The molecule has 1 aliphatic rings. The highest BCUT2D eigenvalue weighted by molar-refractivity contribution is 6.31. The van der Waals surface area contributed by atoms with Crippen LogP contribution >= 0.6 is 11.6 Å². The maximum atomic E-state index is 14.0. The van der Waals surface area contributed by atoms with Crippen LogP contribution in [0.4, 0.5) is 10.1 Å². The first-order valence-electron chi connectivity index (χ1n) is 9.16. The second-order valence-corrected chi connectivity index (χ2v) is 7.04. The molecule has 2 heterocycles. The van der Waals surface area contributed by atoms with Crippen LogP contribution < -0.4 is 5.32 Å². The van der Waals surface area contributed by atoms with Crippen molar-refractivity contribution in [1.82, 2.24) is 4.90 Å². The van der Waals surface area contributed by atoms with Crippen LogP contribution in [0.25, 0.3) is 11.0 Å². The quantitative estimate of drug-likeness (QED) is 0.700. The normalized spacial score (nSPS) is 14.2. The second kappa shape index (κ2) is 8.23. The first-order chi connectivity index (χ1) is 14.0. The molecule has 4 rings (SSSR count). The molecule has 0 saturated carbocycles. The van der Waals surface area contributed by atoms with E-state index in [9.17, 15) is 14.0 Å². The van der Waals surface area contributed by atoms with Gasteiger partial charge in [0.1, 0.15) is 17.1 Å². The van der Waals surface area contributed by atoms with Crippen molar-refractivity contribution >= 4 is 40.1 Å². The van der Waals surface area contributed by atoms with Crippen molar-refractivity contribution < 1.29 is 23.1 Å². The molecule has 0 atom stereocenters. The summed E-state index contributed by atoms with van der Waals surface area (Å²) in [5, 5.41) is 3.48. The molecule has 0 radical (unpaired) electrons. The molecular formula is C21H18ClFN2O4. The van der Waals surface area contributed by atoms with Crippen LogP contribution in [0.5, 0.6) is 0 Å². The van der Waals surface area contributed by atoms with Crippen molar-refractivity contribution in [2.45, 2.75) is 6.42 Å². The fourth-order valence-electron chi connectivity index (χ4n) is 3.28. The number of nitrogens with one attached hydrogen (secondary N) is 1. The Morgan fingerprint density at radius 1 is 1.10 bits per heavy atom. The number of anilines is 1. The number of carbonyl (C=O) groups excluding carboxylic acids is 2. The van der Waals surface area contributed by atoms with E-state index in [4.69, 9.17) is 20.8 Å². The van der Waals surface area contributed by atoms with Crippen LogP contribution in [0, 0.1) is 5.82 Å². The number of halogens is 2. The Labute approximate surface area is 171 Å². The number of carbonyl (C=O) groups is 2. The number of hydrogen-bond acceptors (Lipinski definition) is 4. The Bertz CT molecular complexity index is 1060. The highest BCUT2D eigenvalue weighted by Crippen LogP contribution is 2.32. The molecule has 29 heavy (non-hydrogen) atoms. The molecule has 0 spiro atoms. The predicted molar refractivity (Wildman–Crippen MR) is 107 cm³/mol. The lowest BCUT2D eigenvalue weighted by Gasteiger charge is -2.26. The minimum Gasteiger partial charge on any atom is -0.449 e. The van der Waals surface area contributed by atoms with Crippen LogP contribution in [0.2, 0.25) is 5.02 Å². The molecule has 150 valence electrons. The smallest absolute Gasteiger partial charge is 0.291 e. The summed E-state index contributed by atoms with van der Waals surface area (Å²) in [6, 6.07) is 11.3. The highest BCUT2D eigenvalue weighted by Gasteiger charge is 2.27. The first kappa shape index (κ1) is 19.4. The van der Waals surface area contributed by atoms with Gasteiger partial charge in [-0.1, -0.05) is 29.8 Å². The van der Waals surface area contributed by atoms with Gasteiger partial charge in [0.25, 0.3) is 5.91 Å². The van der Waals surface area contributed by atoms with E-state index in [2.05, 4.69) is 5.32 Å². The van der Waals surface area contributed by atoms with Gasteiger partial charge in [0.05, 0.1) is 19.6 Å². The molecule has 8 heteroatoms. The lowest BCUT2D eigenvalue weighted by atomic mass is 10.1. The zero-order valence-corrected chi connectivity index (χ0v) is 16.2. The fraction of sp³-hybridized carbons (Fsp3) is 0.238. The Hall–Kier alpha value is -2.90. The number of ether oxygens (including phenoxy) is 1. The molecule has 1 aliphatic heterocycles. The standard InChI is InChI=1S/C21H18ClFN2O4/c22-15-5-3-6-16(23)14(15)12-18(26)24-19-13-4-1-2-7-17(13)29-20(19)21(27)25-8-10-28-11-9-25/h1-7H,8-12H2,(H,24,26). The maximum absolute atomic E-state index is 14.0. The molecule has 6 nitrogen and oxygen atoms in total. The van der Waals surface area contributed by atoms with Crippen LogP contribution in [-0.4, -0.2) is 43.0 Å². The molecule has 1 aromatic heterocycles. The number of morpholine rings is 1. The van der Waals surface area contributed by atoms with Gasteiger partial charge in [0, 0.05) is 29.1 Å². The van der Waals surface area contributed by atoms with Crippen LogP contribution in [0.3, 0.4) is 0 Å². The third kappa shape index (κ3) is 3.97. The SMILES string of the molecule is O=C(Cc1c(F)cccc1Cl)Nc1c(C(=O)N2CCOCC2)oc2ccccc12. The van der Waals surface area contributed by atoms with Gasteiger partial charge in [-0.2, -0.15) is 0 Å². The maximum Gasteiger partial charge on any atom is 0.291 e. The molecule has 1 saturated heterocycles. The van der Waals surface area contributed by atoms with Crippen molar-refractivity contribution in [3.63, 3.8) is 0 Å². The number of hydrogen-bond donors (Lipinski definition) is 1. The van der Waals surface area contributed by atoms with E-state index in [1.54, 1.807) is 29.2 Å². The van der Waals surface area contributed by atoms with Crippen LogP contribution in [0.15, 0.2) is 46.9 Å². The summed E-state index contributed by atoms with van der Waals surface area (Å²) in [6.07, 6.45) is -0.268. The van der Waals surface area contributed by atoms with Gasteiger partial charge in [0.15, 0.2) is 0 Å². The van der Waals surface area contributed by atoms with Crippen LogP contribution in [0.1, 0.15) is 16.1 Å². The van der Waals surface area contributed by atoms with Gasteiger partial charge < -0.3 is 19.4 Å². The second-order valence-electron chi connectivity index (χ2n) is 6.63. The molecule has 0 unspecified atom stereocenters. The Morgan fingerprint density at radius 2 is 1.86 bits per heavy atom. The Balaban J connectivity index is 1.65. The molecule has 1 fully saturated rings. The van der Waals surface area contributed by atoms with Gasteiger partial charge in [-0.3, -0.25) is 9.59 Å². The molecule has 2 amide bonds. The van der Waals surface area contributed by atoms with Crippen LogP contribution in [-0.2, 0) is 16.0 Å². The van der Waals surface area contributed by atoms with Crippen molar-refractivity contribution in [3.8, 4) is 0 Å². The minimum atomic E-state index is -0.561. The molecule has 0 bridgehead atoms. The van der Waals surface area contributed by atoms with Gasteiger partial charge in [0.2, 0.25) is 11.7 Å². The topological polar surface area (TPSA) is 71.8 Å². The molecule has 1 N–H and O–H groups in total. The zero-order valence-electron chi connectivity index (χ0n) is 15.4. The van der Waals surface area contributed by atoms with Gasteiger partial charge in [-0.15, -0.1) is 0 Å². The summed E-state index contributed by atoms with van der Waals surface area (Å²) in [7, 11) is 0. The van der Waals surface area contributed by atoms with E-state index in [0.29, 0.717) is 37.3 Å². The monoisotopic (exact) mass is 416 g/mol. The number of amides is 2. The summed E-state index contributed by atoms with van der Waals surface area (Å²) in [5.74, 6) is -1.35. The Kier molecular flexibility index (Phi) is 5.51. The molecule has 2 aromatic carbocycles. The third-order valence-electron chi connectivity index (χ3n) is 4.75. The van der Waals surface area contributed by atoms with Gasteiger partial charge >= 0.3 is 0 Å². The molecule has 3 aromatic rings. The number of rotatable bonds is 4. The van der Waals surface area contributed by atoms with Crippen molar-refractivity contribution in [3.05, 3.63) is 64.6 Å². The van der Waals surface area contributed by atoms with Crippen molar-refractivity contribution in [1.29, 1.82) is 0 Å². The number of furan rings is 1. The van der Waals surface area contributed by atoms with Gasteiger partial charge in [-0.25, -0.2) is 4.39 Å². The van der Waals surface area contributed by atoms with Crippen molar-refractivity contribution in [2.75, 3.05) is 31.6 Å². The average molecular weight is 417 g/mol. The summed E-state index contributed by atoms with van der Waals surface area (Å²) in [5.41, 5.74) is 0.846. The van der Waals surface area contributed by atoms with E-state index in [0.717, 1.165) is 0 Å². The zero-order chi connectivity index (χ0) is 20.4. The highest BCUT2D eigenvalue weighted by atomic mass is 35.5. The number of benzene rings is 2. The molecular weight excluding hydrogens is 399 g/mol. The predicted octanol–water partition coefficient (Wildman–Crippen LogP) is 3.88. The summed E-state index contributed by atoms with van der Waals surface area (Å²) in [4.78, 5) is 27.3. The number of fused-ring (bicyclic) bond motifs is 1. The minimum absolute atomic E-state index is 0.0427. The largest absolute Gasteiger partial charge is 0.449 e. The molecule has 0 aliphatic carbocycles. The third-order valence-corrected chi connectivity index (χ3v) is 5.11. The van der Waals surface area contributed by atoms with Crippen molar-refractivity contribution in [2.24, 2.45) is 0 Å². The van der Waals surface area contributed by atoms with E-state index in [1.165, 1.54) is 18.2 Å². The van der Waals surface area contributed by atoms with Gasteiger partial charge in [-0.05, 0) is 24.3 Å². The average Bonchev–Trinajstić information content (AvgIpc) is 3.09. The summed E-state index contributed by atoms with van der Waals surface area (Å²) >= 11 is 6.02. The summed E-state index contributed by atoms with van der Waals surface area (Å²) < 4.78 is 25.1. The first-order valence-corrected chi connectivity index (χ1v) is 9.53. The summed E-state index contributed by atoms with van der Waals surface area (Å²) in [6.45, 7) is 1.76. The Morgan fingerprint density at radius 3 is 2.62 bits per heavy atom. The van der Waals surface area contributed by atoms with E-state index in [-0.39, 0.29) is 34.4 Å².